The highest BCUT2D eigenvalue weighted by Crippen LogP contribution is 2.63. The molecule has 272 valence electrons. The van der Waals surface area contributed by atoms with Crippen LogP contribution in [0.2, 0.25) is 0 Å². The van der Waals surface area contributed by atoms with Crippen LogP contribution in [-0.4, -0.2) is 50.4 Å². The second-order valence-corrected chi connectivity index (χ2v) is 15.4. The van der Waals surface area contributed by atoms with Crippen molar-refractivity contribution in [3.8, 4) is 5.75 Å². The predicted molar refractivity (Wildman–Crippen MR) is 192 cm³/mol. The predicted octanol–water partition coefficient (Wildman–Crippen LogP) is 8.35. The molecule has 7 rings (SSSR count). The summed E-state index contributed by atoms with van der Waals surface area (Å²) in [4.78, 5) is 14.9. The number of rotatable bonds is 12. The van der Waals surface area contributed by atoms with Crippen molar-refractivity contribution in [3.63, 3.8) is 0 Å². The van der Waals surface area contributed by atoms with Crippen LogP contribution in [0.15, 0.2) is 97.1 Å². The Bertz CT molecular complexity index is 1640. The third kappa shape index (κ3) is 6.71. The van der Waals surface area contributed by atoms with Gasteiger partial charge in [-0.2, -0.15) is 0 Å². The standard InChI is InChI=1S/C43H52O8/c1-29-16-21-37(48-27-46-25-30-12-8-6-9-13-30)42(4)35(29)24-36(44)43(49-28-47-26-31-14-10-7-11-15-31)23-22-34(41(43,2)3)38-39(42)51-40(50-38)32-17-19-33(45-5)20-18-32/h6-15,17-20,34-35,37-40H,1,16,21-28H2,2-5H3/t34-,35-,37+,38-,39+,40-,42+,43-/m1/s1. The van der Waals surface area contributed by atoms with Crippen LogP contribution in [0.5, 0.6) is 5.75 Å². The molecule has 0 radical (unpaired) electrons. The molecule has 8 nitrogen and oxygen atoms in total. The van der Waals surface area contributed by atoms with E-state index >= 15 is 0 Å². The molecule has 0 N–H and O–H groups in total. The third-order valence-electron chi connectivity index (χ3n) is 12.5. The van der Waals surface area contributed by atoms with E-state index in [0.717, 1.165) is 47.3 Å². The fourth-order valence-electron chi connectivity index (χ4n) is 9.50. The molecule has 3 aromatic rings. The molecule has 1 aliphatic heterocycles. The molecule has 2 bridgehead atoms. The molecule has 51 heavy (non-hydrogen) atoms. The highest BCUT2D eigenvalue weighted by molar-refractivity contribution is 5.89. The first-order valence-electron chi connectivity index (χ1n) is 18.3. The zero-order valence-electron chi connectivity index (χ0n) is 30.4. The minimum atomic E-state index is -1.06. The first kappa shape index (κ1) is 36.0. The van der Waals surface area contributed by atoms with Gasteiger partial charge in [-0.05, 0) is 60.8 Å². The number of hydrogen-bond acceptors (Lipinski definition) is 8. The smallest absolute Gasteiger partial charge is 0.184 e. The molecule has 3 saturated carbocycles. The van der Waals surface area contributed by atoms with E-state index in [2.05, 4.69) is 27.4 Å². The van der Waals surface area contributed by atoms with Crippen LogP contribution in [-0.2, 0) is 46.4 Å². The molecule has 4 fully saturated rings. The fourth-order valence-corrected chi connectivity index (χ4v) is 9.50. The summed E-state index contributed by atoms with van der Waals surface area (Å²) >= 11 is 0. The lowest BCUT2D eigenvalue weighted by molar-refractivity contribution is -0.198. The molecule has 0 aromatic heterocycles. The number of methoxy groups -OCH3 is 1. The summed E-state index contributed by atoms with van der Waals surface area (Å²) in [5, 5.41) is 0. The van der Waals surface area contributed by atoms with E-state index in [0.29, 0.717) is 19.6 Å². The zero-order valence-corrected chi connectivity index (χ0v) is 30.4. The minimum absolute atomic E-state index is 0.0179. The van der Waals surface area contributed by atoms with Crippen molar-refractivity contribution >= 4 is 5.78 Å². The third-order valence-corrected chi connectivity index (χ3v) is 12.5. The lowest BCUT2D eigenvalue weighted by Gasteiger charge is -2.52. The Morgan fingerprint density at radius 1 is 0.824 bits per heavy atom. The van der Waals surface area contributed by atoms with Crippen LogP contribution in [0.25, 0.3) is 0 Å². The van der Waals surface area contributed by atoms with Crippen molar-refractivity contribution in [2.75, 3.05) is 20.7 Å². The average Bonchev–Trinajstić information content (AvgIpc) is 3.71. The van der Waals surface area contributed by atoms with Gasteiger partial charge in [-0.25, -0.2) is 0 Å². The van der Waals surface area contributed by atoms with Crippen LogP contribution in [0, 0.1) is 22.7 Å². The molecule has 1 saturated heterocycles. The van der Waals surface area contributed by atoms with Crippen LogP contribution in [0.1, 0.15) is 75.9 Å². The maximum atomic E-state index is 14.9. The Kier molecular flexibility index (Phi) is 10.5. The minimum Gasteiger partial charge on any atom is -0.497 e. The van der Waals surface area contributed by atoms with E-state index in [1.807, 2.05) is 84.9 Å². The van der Waals surface area contributed by atoms with E-state index < -0.39 is 22.7 Å². The number of carbonyl (C=O) groups excluding carboxylic acids is 1. The zero-order chi connectivity index (χ0) is 35.6. The number of allylic oxidation sites excluding steroid dienone is 1. The monoisotopic (exact) mass is 696 g/mol. The number of benzene rings is 3. The quantitative estimate of drug-likeness (QED) is 0.106. The van der Waals surface area contributed by atoms with Gasteiger partial charge in [-0.3, -0.25) is 4.79 Å². The van der Waals surface area contributed by atoms with Gasteiger partial charge < -0.3 is 33.2 Å². The molecule has 1 heterocycles. The lowest BCUT2D eigenvalue weighted by atomic mass is 9.58. The fraction of sp³-hybridized carbons (Fsp3) is 0.512. The first-order valence-corrected chi connectivity index (χ1v) is 18.3. The van der Waals surface area contributed by atoms with Gasteiger partial charge in [-0.1, -0.05) is 106 Å². The molecule has 0 spiro atoms. The summed E-state index contributed by atoms with van der Waals surface area (Å²) in [6, 6.07) is 28.0. The Morgan fingerprint density at radius 3 is 2.12 bits per heavy atom. The molecular weight excluding hydrogens is 644 g/mol. The van der Waals surface area contributed by atoms with Crippen molar-refractivity contribution in [2.24, 2.45) is 22.7 Å². The van der Waals surface area contributed by atoms with Crippen molar-refractivity contribution in [1.82, 2.24) is 0 Å². The topological polar surface area (TPSA) is 81.7 Å². The van der Waals surface area contributed by atoms with Gasteiger partial charge in [0.25, 0.3) is 0 Å². The Balaban J connectivity index is 1.21. The molecule has 8 heteroatoms. The molecule has 0 amide bonds. The van der Waals surface area contributed by atoms with Crippen LogP contribution in [0.4, 0.5) is 0 Å². The van der Waals surface area contributed by atoms with Gasteiger partial charge in [0.05, 0.1) is 38.6 Å². The second-order valence-electron chi connectivity index (χ2n) is 15.4. The Hall–Kier alpha value is -3.37. The first-order chi connectivity index (χ1) is 24.7. The van der Waals surface area contributed by atoms with Crippen molar-refractivity contribution in [1.29, 1.82) is 0 Å². The molecular formula is C43H52O8. The van der Waals surface area contributed by atoms with Crippen molar-refractivity contribution < 1.29 is 38.0 Å². The van der Waals surface area contributed by atoms with Gasteiger partial charge in [0.1, 0.15) is 24.9 Å². The number of Topliss-reactive ketones (excluding diaryl/α,β-unsaturated/α-hetero) is 1. The summed E-state index contributed by atoms with van der Waals surface area (Å²) in [6.45, 7) is 12.1. The van der Waals surface area contributed by atoms with Crippen LogP contribution in [0.3, 0.4) is 0 Å². The van der Waals surface area contributed by atoms with Gasteiger partial charge in [0, 0.05) is 22.8 Å². The van der Waals surface area contributed by atoms with Crippen molar-refractivity contribution in [2.45, 2.75) is 96.3 Å². The summed E-state index contributed by atoms with van der Waals surface area (Å²) in [5.41, 5.74) is 1.82. The highest BCUT2D eigenvalue weighted by Gasteiger charge is 2.69. The summed E-state index contributed by atoms with van der Waals surface area (Å²) in [6.07, 6.45) is 1.54. The number of ether oxygens (including phenoxy) is 7. The summed E-state index contributed by atoms with van der Waals surface area (Å²) in [5.74, 6) is 0.600. The molecule has 0 unspecified atom stereocenters. The van der Waals surface area contributed by atoms with Gasteiger partial charge in [0.2, 0.25) is 0 Å². The maximum Gasteiger partial charge on any atom is 0.184 e. The van der Waals surface area contributed by atoms with E-state index in [9.17, 15) is 4.79 Å². The lowest BCUT2D eigenvalue weighted by Crippen LogP contribution is -2.57. The Labute approximate surface area is 302 Å². The molecule has 8 atom stereocenters. The highest BCUT2D eigenvalue weighted by atomic mass is 16.7. The number of fused-ring (bicyclic) bond motifs is 6. The van der Waals surface area contributed by atoms with Gasteiger partial charge in [0.15, 0.2) is 12.1 Å². The SMILES string of the molecule is C=C1CC[C@H](OCOCc2ccccc2)[C@]2(C)[C@@H]1CC(=O)[C@]1(OCOCc3ccccc3)CC[C@H]([C@H]3O[C@@H](c4ccc(OC)cc4)O[C@@H]32)C1(C)C. The van der Waals surface area contributed by atoms with Crippen molar-refractivity contribution in [3.05, 3.63) is 114 Å². The normalized spacial score (nSPS) is 32.8. The van der Waals surface area contributed by atoms with E-state index in [1.165, 1.54) is 0 Å². The number of ketones is 1. The molecule has 3 aliphatic carbocycles. The number of hydrogen-bond donors (Lipinski definition) is 0. The van der Waals surface area contributed by atoms with E-state index in [1.54, 1.807) is 7.11 Å². The maximum absolute atomic E-state index is 14.9. The number of carbonyl (C=O) groups is 1. The Morgan fingerprint density at radius 2 is 1.47 bits per heavy atom. The van der Waals surface area contributed by atoms with E-state index in [-0.39, 0.29) is 55.9 Å². The largest absolute Gasteiger partial charge is 0.497 e. The summed E-state index contributed by atoms with van der Waals surface area (Å²) in [7, 11) is 1.66. The average molecular weight is 697 g/mol. The van der Waals surface area contributed by atoms with Crippen LogP contribution >= 0.6 is 0 Å². The van der Waals surface area contributed by atoms with E-state index in [4.69, 9.17) is 33.2 Å². The van der Waals surface area contributed by atoms with Gasteiger partial charge in [-0.15, -0.1) is 0 Å². The molecule has 3 aromatic carbocycles. The van der Waals surface area contributed by atoms with Gasteiger partial charge >= 0.3 is 0 Å². The summed E-state index contributed by atoms with van der Waals surface area (Å²) < 4.78 is 45.1. The second kappa shape index (κ2) is 14.9. The van der Waals surface area contributed by atoms with Crippen LogP contribution < -0.4 is 4.74 Å². The molecule has 4 aliphatic rings.